The van der Waals surface area contributed by atoms with Gasteiger partial charge in [-0.05, 0) is 19.9 Å². The summed E-state index contributed by atoms with van der Waals surface area (Å²) in [7, 11) is -4.59. The molecule has 0 bridgehead atoms. The van der Waals surface area contributed by atoms with Crippen molar-refractivity contribution >= 4 is 13.6 Å². The Morgan fingerprint density at radius 3 is 2.73 bits per heavy atom. The summed E-state index contributed by atoms with van der Waals surface area (Å²) in [6, 6.07) is 1.38. The van der Waals surface area contributed by atoms with Crippen molar-refractivity contribution < 1.29 is 18.9 Å². The second-order valence-electron chi connectivity index (χ2n) is 3.11. The number of nitrogens with zero attached hydrogens (tertiary/aromatic N) is 2. The summed E-state index contributed by atoms with van der Waals surface area (Å²) in [5.41, 5.74) is 0. The summed E-state index contributed by atoms with van der Waals surface area (Å²) in [5, 5.41) is 2.95. The molecule has 0 radical (unpaired) electrons. The maximum Gasteiger partial charge on any atom is 0.527 e. The Balaban J connectivity index is 2.79. The van der Waals surface area contributed by atoms with Gasteiger partial charge in [-0.3, -0.25) is 9.79 Å². The van der Waals surface area contributed by atoms with Crippen LogP contribution in [0, 0.1) is 0 Å². The standard InChI is InChI=1S/C7H12N3O4P/c1-5(2)9-6-3-4-8-7(10-6)14-15(11,12)13/h3-5H,1-2H3,(H,8,9,10)(H2,11,12,13). The minimum absolute atomic E-state index is 0.155. The van der Waals surface area contributed by atoms with Crippen molar-refractivity contribution in [2.45, 2.75) is 19.9 Å². The van der Waals surface area contributed by atoms with E-state index in [1.165, 1.54) is 6.20 Å². The van der Waals surface area contributed by atoms with Gasteiger partial charge < -0.3 is 9.84 Å². The van der Waals surface area contributed by atoms with Gasteiger partial charge in [0.05, 0.1) is 0 Å². The minimum Gasteiger partial charge on any atom is -0.368 e. The molecular formula is C7H12N3O4P. The Morgan fingerprint density at radius 2 is 2.20 bits per heavy atom. The fourth-order valence-corrected chi connectivity index (χ4v) is 1.17. The van der Waals surface area contributed by atoms with Crippen LogP contribution in [0.4, 0.5) is 5.82 Å². The number of phosphoric acid groups is 1. The highest BCUT2D eigenvalue weighted by Crippen LogP contribution is 2.35. The molecule has 1 rings (SSSR count). The minimum atomic E-state index is -4.59. The molecule has 7 nitrogen and oxygen atoms in total. The lowest BCUT2D eigenvalue weighted by Gasteiger charge is -2.09. The zero-order valence-corrected chi connectivity index (χ0v) is 9.18. The average Bonchev–Trinajstić information content (AvgIpc) is 1.99. The van der Waals surface area contributed by atoms with Crippen LogP contribution in [-0.2, 0) is 4.57 Å². The number of rotatable bonds is 4. The van der Waals surface area contributed by atoms with Gasteiger partial charge in [0.15, 0.2) is 0 Å². The summed E-state index contributed by atoms with van der Waals surface area (Å²) in [5.74, 6) is 0.448. The molecule has 3 N–H and O–H groups in total. The van der Waals surface area contributed by atoms with Crippen LogP contribution in [0.1, 0.15) is 13.8 Å². The highest BCUT2D eigenvalue weighted by atomic mass is 31.2. The Kier molecular flexibility index (Phi) is 3.62. The van der Waals surface area contributed by atoms with E-state index in [1.54, 1.807) is 6.07 Å². The molecule has 0 unspecified atom stereocenters. The van der Waals surface area contributed by atoms with Crippen LogP contribution in [0.3, 0.4) is 0 Å². The first-order valence-electron chi connectivity index (χ1n) is 4.21. The number of nitrogens with one attached hydrogen (secondary N) is 1. The molecular weight excluding hydrogens is 221 g/mol. The molecule has 0 fully saturated rings. The van der Waals surface area contributed by atoms with E-state index in [-0.39, 0.29) is 12.1 Å². The normalized spacial score (nSPS) is 11.5. The first-order chi connectivity index (χ1) is 6.87. The monoisotopic (exact) mass is 233 g/mol. The summed E-state index contributed by atoms with van der Waals surface area (Å²) in [6.07, 6.45) is 1.35. The Bertz CT molecular complexity index is 378. The van der Waals surface area contributed by atoms with Crippen molar-refractivity contribution in [3.63, 3.8) is 0 Å². The van der Waals surface area contributed by atoms with Gasteiger partial charge >= 0.3 is 13.8 Å². The zero-order chi connectivity index (χ0) is 11.5. The van der Waals surface area contributed by atoms with Gasteiger partial charge in [0.1, 0.15) is 5.82 Å². The summed E-state index contributed by atoms with van der Waals surface area (Å²) >= 11 is 0. The number of phosphoric ester groups is 1. The van der Waals surface area contributed by atoms with E-state index < -0.39 is 7.82 Å². The van der Waals surface area contributed by atoms with Crippen molar-refractivity contribution in [2.24, 2.45) is 0 Å². The molecule has 0 aliphatic carbocycles. The molecule has 1 aromatic heterocycles. The number of anilines is 1. The molecule has 0 atom stereocenters. The molecule has 0 spiro atoms. The molecule has 0 saturated heterocycles. The van der Waals surface area contributed by atoms with Crippen LogP contribution in [0.15, 0.2) is 12.3 Å². The Morgan fingerprint density at radius 1 is 1.53 bits per heavy atom. The van der Waals surface area contributed by atoms with Crippen molar-refractivity contribution in [2.75, 3.05) is 5.32 Å². The molecule has 15 heavy (non-hydrogen) atoms. The van der Waals surface area contributed by atoms with E-state index in [0.717, 1.165) is 0 Å². The second-order valence-corrected chi connectivity index (χ2v) is 4.27. The fraction of sp³-hybridized carbons (Fsp3) is 0.429. The van der Waals surface area contributed by atoms with E-state index in [0.29, 0.717) is 5.82 Å². The first-order valence-corrected chi connectivity index (χ1v) is 5.74. The molecule has 0 aliphatic heterocycles. The van der Waals surface area contributed by atoms with Crippen molar-refractivity contribution in [3.8, 4) is 6.01 Å². The molecule has 8 heteroatoms. The number of hydrogen-bond acceptors (Lipinski definition) is 5. The molecule has 0 amide bonds. The molecule has 1 heterocycles. The molecule has 1 aromatic rings. The highest BCUT2D eigenvalue weighted by Gasteiger charge is 2.17. The van der Waals surface area contributed by atoms with Crippen LogP contribution < -0.4 is 9.84 Å². The van der Waals surface area contributed by atoms with Gasteiger partial charge in [-0.15, -0.1) is 0 Å². The third kappa shape index (κ3) is 4.73. The van der Waals surface area contributed by atoms with Crippen LogP contribution in [-0.4, -0.2) is 25.8 Å². The smallest absolute Gasteiger partial charge is 0.368 e. The first kappa shape index (κ1) is 11.9. The maximum absolute atomic E-state index is 10.5. The fourth-order valence-electron chi connectivity index (χ4n) is 0.867. The van der Waals surface area contributed by atoms with Crippen LogP contribution in [0.25, 0.3) is 0 Å². The van der Waals surface area contributed by atoms with Gasteiger partial charge in [0.2, 0.25) is 0 Å². The van der Waals surface area contributed by atoms with Gasteiger partial charge in [0.25, 0.3) is 0 Å². The average molecular weight is 233 g/mol. The van der Waals surface area contributed by atoms with Crippen LogP contribution in [0.5, 0.6) is 6.01 Å². The SMILES string of the molecule is CC(C)Nc1ccnc(OP(=O)(O)O)n1. The Labute approximate surface area is 86.8 Å². The number of hydrogen-bond donors (Lipinski definition) is 3. The summed E-state index contributed by atoms with van der Waals surface area (Å²) in [4.78, 5) is 24.4. The van der Waals surface area contributed by atoms with Gasteiger partial charge in [-0.1, -0.05) is 0 Å². The van der Waals surface area contributed by atoms with E-state index in [1.807, 2.05) is 13.8 Å². The summed E-state index contributed by atoms with van der Waals surface area (Å²) < 4.78 is 14.7. The van der Waals surface area contributed by atoms with Gasteiger partial charge in [-0.2, -0.15) is 4.98 Å². The van der Waals surface area contributed by atoms with Crippen molar-refractivity contribution in [1.29, 1.82) is 0 Å². The Hall–Kier alpha value is -1.17. The van der Waals surface area contributed by atoms with Crippen LogP contribution in [0.2, 0.25) is 0 Å². The third-order valence-corrected chi connectivity index (χ3v) is 1.67. The van der Waals surface area contributed by atoms with E-state index in [9.17, 15) is 4.57 Å². The topological polar surface area (TPSA) is 105 Å². The van der Waals surface area contributed by atoms with E-state index >= 15 is 0 Å². The van der Waals surface area contributed by atoms with Gasteiger partial charge in [0, 0.05) is 12.2 Å². The lowest BCUT2D eigenvalue weighted by atomic mass is 10.4. The van der Waals surface area contributed by atoms with Crippen molar-refractivity contribution in [3.05, 3.63) is 12.3 Å². The van der Waals surface area contributed by atoms with Crippen LogP contribution >= 0.6 is 7.82 Å². The number of aromatic nitrogens is 2. The molecule has 0 aliphatic rings. The quantitative estimate of drug-likeness (QED) is 0.659. The molecule has 0 saturated carbocycles. The van der Waals surface area contributed by atoms with Crippen molar-refractivity contribution in [1.82, 2.24) is 9.97 Å². The largest absolute Gasteiger partial charge is 0.527 e. The highest BCUT2D eigenvalue weighted by molar-refractivity contribution is 7.46. The molecule has 84 valence electrons. The third-order valence-electron chi connectivity index (χ3n) is 1.27. The van der Waals surface area contributed by atoms with E-state index in [4.69, 9.17) is 9.79 Å². The van der Waals surface area contributed by atoms with Gasteiger partial charge in [-0.25, -0.2) is 9.55 Å². The predicted octanol–water partition coefficient (Wildman–Crippen LogP) is 0.768. The maximum atomic E-state index is 10.5. The van der Waals surface area contributed by atoms with E-state index in [2.05, 4.69) is 19.8 Å². The zero-order valence-electron chi connectivity index (χ0n) is 8.28. The molecule has 0 aromatic carbocycles. The second kappa shape index (κ2) is 4.57. The lowest BCUT2D eigenvalue weighted by Crippen LogP contribution is -2.11. The summed E-state index contributed by atoms with van der Waals surface area (Å²) in [6.45, 7) is 3.82. The lowest BCUT2D eigenvalue weighted by molar-refractivity contribution is 0.275. The predicted molar refractivity (Wildman–Crippen MR) is 53.5 cm³/mol.